The van der Waals surface area contributed by atoms with Crippen molar-refractivity contribution in [1.82, 2.24) is 14.1 Å². The van der Waals surface area contributed by atoms with Crippen LogP contribution in [0.1, 0.15) is 28.9 Å². The third-order valence-corrected chi connectivity index (χ3v) is 11.7. The van der Waals surface area contributed by atoms with Crippen molar-refractivity contribution in [3.8, 4) is 22.5 Å². The summed E-state index contributed by atoms with van der Waals surface area (Å²) >= 11 is 0. The standard InChI is InChI=1S/C50H34N4/c1-3-13-33(14-4-1)49-41-19-9-12-22-48(41)53-50(54(49)53)34-23-27-38(28-24-34)52-45-21-11-8-18-40(45)43-32-36(26-30-47(43)52)35-25-29-46-42(31-35)39-17-7-10-20-44(39)51(46)37-15-5-2-6-16-37/h1-32,49-50H. The summed E-state index contributed by atoms with van der Waals surface area (Å²) in [6.07, 6.45) is 0.221. The van der Waals surface area contributed by atoms with Crippen molar-refractivity contribution in [2.24, 2.45) is 0 Å². The van der Waals surface area contributed by atoms with Gasteiger partial charge in [-0.3, -0.25) is 5.01 Å². The van der Waals surface area contributed by atoms with Crippen molar-refractivity contribution in [3.63, 3.8) is 0 Å². The van der Waals surface area contributed by atoms with Crippen LogP contribution in [0.4, 0.5) is 5.69 Å². The number of anilines is 1. The van der Waals surface area contributed by atoms with Gasteiger partial charge in [-0.05, 0) is 89.0 Å². The first-order valence-corrected chi connectivity index (χ1v) is 18.8. The Morgan fingerprint density at radius 3 is 1.48 bits per heavy atom. The van der Waals surface area contributed by atoms with E-state index in [0.717, 1.165) is 0 Å². The maximum Gasteiger partial charge on any atom is 0.141 e. The van der Waals surface area contributed by atoms with Gasteiger partial charge in [-0.2, -0.15) is 5.01 Å². The Kier molecular flexibility index (Phi) is 6.21. The monoisotopic (exact) mass is 690 g/mol. The van der Waals surface area contributed by atoms with Gasteiger partial charge in [0.25, 0.3) is 0 Å². The number of hydrogen-bond acceptors (Lipinski definition) is 2. The van der Waals surface area contributed by atoms with Gasteiger partial charge >= 0.3 is 0 Å². The summed E-state index contributed by atoms with van der Waals surface area (Å²) in [6.45, 7) is 0. The van der Waals surface area contributed by atoms with E-state index in [0.29, 0.717) is 0 Å². The van der Waals surface area contributed by atoms with Gasteiger partial charge < -0.3 is 9.13 Å². The lowest BCUT2D eigenvalue weighted by molar-refractivity contribution is 0.446. The fourth-order valence-electron chi connectivity index (χ4n) is 9.27. The summed E-state index contributed by atoms with van der Waals surface area (Å²) in [5.74, 6) is 0. The van der Waals surface area contributed by atoms with Crippen LogP contribution in [-0.2, 0) is 0 Å². The number of hydrazine groups is 1. The maximum absolute atomic E-state index is 2.52. The van der Waals surface area contributed by atoms with Gasteiger partial charge in [0, 0.05) is 38.5 Å². The van der Waals surface area contributed by atoms with E-state index in [9.17, 15) is 0 Å². The highest BCUT2D eigenvalue weighted by Gasteiger charge is 2.57. The second-order valence-electron chi connectivity index (χ2n) is 14.6. The average molecular weight is 691 g/mol. The number of hydrogen-bond donors (Lipinski definition) is 0. The minimum absolute atomic E-state index is 0.221. The maximum atomic E-state index is 2.52. The van der Waals surface area contributed by atoms with E-state index in [1.165, 1.54) is 88.5 Å². The van der Waals surface area contributed by atoms with E-state index in [1.807, 2.05) is 0 Å². The molecule has 54 heavy (non-hydrogen) atoms. The first-order valence-electron chi connectivity index (χ1n) is 18.8. The molecule has 1 saturated heterocycles. The Balaban J connectivity index is 0.933. The Bertz CT molecular complexity index is 3070. The van der Waals surface area contributed by atoms with Crippen LogP contribution in [-0.4, -0.2) is 14.1 Å². The molecule has 12 rings (SSSR count). The van der Waals surface area contributed by atoms with Crippen molar-refractivity contribution in [1.29, 1.82) is 0 Å². The number of fused-ring (bicyclic) bond motifs is 9. The number of nitrogens with zero attached hydrogens (tertiary/aromatic N) is 4. The van der Waals surface area contributed by atoms with Crippen molar-refractivity contribution in [2.75, 3.05) is 5.01 Å². The van der Waals surface area contributed by atoms with Crippen molar-refractivity contribution in [2.45, 2.75) is 12.2 Å². The van der Waals surface area contributed by atoms with Crippen LogP contribution in [0.25, 0.3) is 66.1 Å². The summed E-state index contributed by atoms with van der Waals surface area (Å²) in [5, 5.41) is 10.0. The summed E-state index contributed by atoms with van der Waals surface area (Å²) in [7, 11) is 0. The highest BCUT2D eigenvalue weighted by molar-refractivity contribution is 6.12. The van der Waals surface area contributed by atoms with Gasteiger partial charge in [0.2, 0.25) is 0 Å². The SMILES string of the molecule is c1ccc(C2c3ccccc3N3C(c4ccc(-n5c6ccccc6c6cc(-c7ccc8c(c7)c7ccccc7n8-c7ccccc7)ccc65)cc4)N23)cc1. The number of benzene rings is 8. The molecule has 0 N–H and O–H groups in total. The smallest absolute Gasteiger partial charge is 0.141 e. The molecule has 0 amide bonds. The molecule has 0 bridgehead atoms. The van der Waals surface area contributed by atoms with Gasteiger partial charge in [-0.25, -0.2) is 0 Å². The Labute approximate surface area is 312 Å². The molecule has 0 spiro atoms. The number of aromatic nitrogens is 2. The van der Waals surface area contributed by atoms with Crippen LogP contribution in [0.3, 0.4) is 0 Å². The highest BCUT2D eigenvalue weighted by atomic mass is 15.9. The molecule has 4 nitrogen and oxygen atoms in total. The highest BCUT2D eigenvalue weighted by Crippen LogP contribution is 2.60. The van der Waals surface area contributed by atoms with E-state index in [4.69, 9.17) is 0 Å². The fraction of sp³-hybridized carbons (Fsp3) is 0.0400. The fourth-order valence-corrected chi connectivity index (χ4v) is 9.27. The van der Waals surface area contributed by atoms with Gasteiger partial charge in [-0.15, -0.1) is 0 Å². The first kappa shape index (κ1) is 29.7. The molecule has 0 aliphatic carbocycles. The molecule has 0 radical (unpaired) electrons. The van der Waals surface area contributed by atoms with Crippen LogP contribution >= 0.6 is 0 Å². The number of rotatable bonds is 5. The molecule has 2 aliphatic rings. The van der Waals surface area contributed by atoms with Gasteiger partial charge in [0.05, 0.1) is 33.8 Å². The van der Waals surface area contributed by atoms with E-state index in [1.54, 1.807) is 0 Å². The molecule has 2 aromatic heterocycles. The minimum atomic E-state index is 0.221. The molecule has 4 heterocycles. The zero-order chi connectivity index (χ0) is 35.3. The van der Waals surface area contributed by atoms with Gasteiger partial charge in [-0.1, -0.05) is 127 Å². The van der Waals surface area contributed by atoms with Crippen LogP contribution in [0, 0.1) is 0 Å². The molecule has 3 atom stereocenters. The zero-order valence-corrected chi connectivity index (χ0v) is 29.4. The zero-order valence-electron chi connectivity index (χ0n) is 29.4. The normalized spacial score (nSPS) is 17.4. The molecule has 8 aromatic carbocycles. The topological polar surface area (TPSA) is 15.9 Å². The average Bonchev–Trinajstić information content (AvgIpc) is 3.55. The summed E-state index contributed by atoms with van der Waals surface area (Å²) < 4.78 is 4.80. The summed E-state index contributed by atoms with van der Waals surface area (Å²) in [5.41, 5.74) is 15.0. The van der Waals surface area contributed by atoms with Crippen LogP contribution in [0.5, 0.6) is 0 Å². The lowest BCUT2D eigenvalue weighted by Gasteiger charge is -2.16. The Morgan fingerprint density at radius 1 is 0.352 bits per heavy atom. The minimum Gasteiger partial charge on any atom is -0.309 e. The predicted octanol–water partition coefficient (Wildman–Crippen LogP) is 12.4. The molecule has 4 heteroatoms. The summed E-state index contributed by atoms with van der Waals surface area (Å²) in [4.78, 5) is 0. The third kappa shape index (κ3) is 4.23. The third-order valence-electron chi connectivity index (χ3n) is 11.7. The van der Waals surface area contributed by atoms with Crippen LogP contribution < -0.4 is 5.01 Å². The second-order valence-corrected chi connectivity index (χ2v) is 14.6. The lowest BCUT2D eigenvalue weighted by atomic mass is 9.97. The van der Waals surface area contributed by atoms with Crippen molar-refractivity contribution in [3.05, 3.63) is 211 Å². The molecular weight excluding hydrogens is 657 g/mol. The molecule has 0 saturated carbocycles. The predicted molar refractivity (Wildman–Crippen MR) is 222 cm³/mol. The molecule has 10 aromatic rings. The first-order chi connectivity index (χ1) is 26.8. The second kappa shape index (κ2) is 11.3. The van der Waals surface area contributed by atoms with E-state index in [-0.39, 0.29) is 12.2 Å². The molecule has 2 aliphatic heterocycles. The van der Waals surface area contributed by atoms with Crippen LogP contribution in [0.2, 0.25) is 0 Å². The Hall–Kier alpha value is -6.88. The number of para-hydroxylation sites is 4. The van der Waals surface area contributed by atoms with E-state index < -0.39 is 0 Å². The van der Waals surface area contributed by atoms with Gasteiger partial charge in [0.15, 0.2) is 0 Å². The molecule has 3 unspecified atom stereocenters. The quantitative estimate of drug-likeness (QED) is 0.167. The van der Waals surface area contributed by atoms with Crippen molar-refractivity contribution < 1.29 is 0 Å². The van der Waals surface area contributed by atoms with Crippen LogP contribution in [0.15, 0.2) is 194 Å². The van der Waals surface area contributed by atoms with Crippen molar-refractivity contribution >= 4 is 49.3 Å². The van der Waals surface area contributed by atoms with E-state index >= 15 is 0 Å². The molecular formula is C50H34N4. The lowest BCUT2D eigenvalue weighted by Crippen LogP contribution is -2.09. The van der Waals surface area contributed by atoms with Gasteiger partial charge in [0.1, 0.15) is 6.17 Å². The largest absolute Gasteiger partial charge is 0.309 e. The molecule has 1 fully saturated rings. The molecule has 254 valence electrons. The van der Waals surface area contributed by atoms with E-state index in [2.05, 4.69) is 213 Å². The Morgan fingerprint density at radius 2 is 0.852 bits per heavy atom. The summed E-state index contributed by atoms with van der Waals surface area (Å²) in [6, 6.07) is 71.3.